The van der Waals surface area contributed by atoms with Gasteiger partial charge in [0.15, 0.2) is 0 Å². The van der Waals surface area contributed by atoms with E-state index in [0.29, 0.717) is 90.7 Å². The van der Waals surface area contributed by atoms with Gasteiger partial charge in [-0.05, 0) is 66.2 Å². The van der Waals surface area contributed by atoms with Crippen LogP contribution in [0.5, 0.6) is 0 Å². The molecular weight excluding hydrogens is 771 g/mol. The van der Waals surface area contributed by atoms with Crippen LogP contribution in [0.25, 0.3) is 0 Å². The Bertz CT molecular complexity index is 786. The summed E-state index contributed by atoms with van der Waals surface area (Å²) in [4.78, 5) is 0. The molecule has 0 aliphatic heterocycles. The van der Waals surface area contributed by atoms with E-state index in [4.69, 9.17) is 23.7 Å². The van der Waals surface area contributed by atoms with Gasteiger partial charge in [0.05, 0.1) is 51.3 Å². The lowest BCUT2D eigenvalue weighted by Gasteiger charge is -2.26. The summed E-state index contributed by atoms with van der Waals surface area (Å²) in [7, 11) is 0. The lowest BCUT2D eigenvalue weighted by Crippen LogP contribution is -2.41. The molecule has 4 atom stereocenters. The molecule has 11 nitrogen and oxygen atoms in total. The van der Waals surface area contributed by atoms with Gasteiger partial charge in [-0.3, -0.25) is 0 Å². The zero-order valence-electron chi connectivity index (χ0n) is 40.5. The highest BCUT2D eigenvalue weighted by atomic mass is 16.5. The Morgan fingerprint density at radius 2 is 0.607 bits per heavy atom. The predicted octanol–water partition coefficient (Wildman–Crippen LogP) is 9.02. The standard InChI is InChI=1S/C16H33NO4.2C11H23NO2.2C6H12/c1-3-19-11-15(18)12-21-16(13-20-4-2)10-17-14-8-6-5-7-9-14;2*1-2-14-9-11(13)8-12-10-6-4-3-5-7-10;2*1-2-4-6-5-3-1/h14-18H,3-13H2,1-2H3;2*10-13H,2-9H2,1H3;2*1-6H2. The zero-order valence-corrected chi connectivity index (χ0v) is 40.5. The minimum Gasteiger partial charge on any atom is -0.389 e. The van der Waals surface area contributed by atoms with Gasteiger partial charge in [-0.1, -0.05) is 135 Å². The molecule has 0 heterocycles. The van der Waals surface area contributed by atoms with Gasteiger partial charge in [-0.15, -0.1) is 0 Å². The van der Waals surface area contributed by atoms with Crippen LogP contribution in [0, 0.1) is 0 Å². The van der Waals surface area contributed by atoms with E-state index >= 15 is 0 Å². The lowest BCUT2D eigenvalue weighted by molar-refractivity contribution is -0.0657. The van der Waals surface area contributed by atoms with Crippen LogP contribution in [-0.4, -0.2) is 137 Å². The van der Waals surface area contributed by atoms with Gasteiger partial charge in [-0.25, -0.2) is 0 Å². The first-order chi connectivity index (χ1) is 29.9. The van der Waals surface area contributed by atoms with Crippen molar-refractivity contribution in [3.63, 3.8) is 0 Å². The molecule has 5 fully saturated rings. The van der Waals surface area contributed by atoms with Crippen LogP contribution in [0.2, 0.25) is 0 Å². The van der Waals surface area contributed by atoms with Crippen molar-refractivity contribution >= 4 is 0 Å². The lowest BCUT2D eigenvalue weighted by atomic mass is 9.95. The maximum Gasteiger partial charge on any atom is 0.101 e. The number of rotatable bonds is 24. The third-order valence-electron chi connectivity index (χ3n) is 12.3. The summed E-state index contributed by atoms with van der Waals surface area (Å²) < 4.78 is 26.7. The fourth-order valence-electron chi connectivity index (χ4n) is 8.54. The Morgan fingerprint density at radius 3 is 0.918 bits per heavy atom. The van der Waals surface area contributed by atoms with Crippen LogP contribution in [-0.2, 0) is 23.7 Å². The molecule has 0 amide bonds. The Hall–Kier alpha value is -0.440. The quantitative estimate of drug-likeness (QED) is 0.0553. The summed E-state index contributed by atoms with van der Waals surface area (Å²) in [5, 5.41) is 39.2. The van der Waals surface area contributed by atoms with Gasteiger partial charge in [0.25, 0.3) is 0 Å². The smallest absolute Gasteiger partial charge is 0.101 e. The molecule has 366 valence electrons. The van der Waals surface area contributed by atoms with Crippen molar-refractivity contribution in [2.75, 3.05) is 79.1 Å². The van der Waals surface area contributed by atoms with Gasteiger partial charge in [-0.2, -0.15) is 0 Å². The van der Waals surface area contributed by atoms with Crippen molar-refractivity contribution in [3.8, 4) is 0 Å². The van der Waals surface area contributed by atoms with Crippen LogP contribution in [0.4, 0.5) is 0 Å². The molecule has 0 aromatic rings. The molecular formula is C50H103N3O8. The van der Waals surface area contributed by atoms with Crippen molar-refractivity contribution in [1.82, 2.24) is 16.0 Å². The Labute approximate surface area is 376 Å². The molecule has 5 saturated carbocycles. The molecule has 11 heteroatoms. The molecule has 0 radical (unpaired) electrons. The Balaban J connectivity index is 0.000000408. The predicted molar refractivity (Wildman–Crippen MR) is 254 cm³/mol. The normalized spacial score (nSPS) is 21.1. The van der Waals surface area contributed by atoms with E-state index in [1.54, 1.807) is 0 Å². The number of aliphatic hydroxyl groups is 3. The van der Waals surface area contributed by atoms with E-state index < -0.39 is 6.10 Å². The van der Waals surface area contributed by atoms with E-state index in [0.717, 1.165) is 6.54 Å². The van der Waals surface area contributed by atoms with Gasteiger partial charge in [0, 0.05) is 64.2 Å². The zero-order chi connectivity index (χ0) is 44.3. The topological polar surface area (TPSA) is 143 Å². The van der Waals surface area contributed by atoms with Crippen molar-refractivity contribution in [2.45, 2.75) is 244 Å². The average Bonchev–Trinajstić information content (AvgIpc) is 3.33. The van der Waals surface area contributed by atoms with Crippen molar-refractivity contribution in [1.29, 1.82) is 0 Å². The first-order valence-electron chi connectivity index (χ1n) is 26.1. The van der Waals surface area contributed by atoms with Crippen LogP contribution < -0.4 is 16.0 Å². The largest absolute Gasteiger partial charge is 0.389 e. The monoisotopic (exact) mass is 874 g/mol. The summed E-state index contributed by atoms with van der Waals surface area (Å²) in [5.74, 6) is 0. The van der Waals surface area contributed by atoms with E-state index in [1.165, 1.54) is 173 Å². The molecule has 5 aliphatic carbocycles. The summed E-state index contributed by atoms with van der Waals surface area (Å²) in [5.41, 5.74) is 0. The summed E-state index contributed by atoms with van der Waals surface area (Å²) in [6, 6.07) is 1.86. The molecule has 0 bridgehead atoms. The van der Waals surface area contributed by atoms with Gasteiger partial charge in [0.1, 0.15) is 6.10 Å². The third-order valence-corrected chi connectivity index (χ3v) is 12.3. The van der Waals surface area contributed by atoms with Gasteiger partial charge in [0.2, 0.25) is 0 Å². The molecule has 0 saturated heterocycles. The SMILES string of the molecule is C1CCCCC1.C1CCCCC1.CCOCC(O)CNC1CCCCC1.CCOCC(O)CNC1CCCCC1.CCOCC(O)COC(CNC1CCCCC1)COCC. The molecule has 5 rings (SSSR count). The molecule has 0 aromatic heterocycles. The second-order valence-corrected chi connectivity index (χ2v) is 18.0. The highest BCUT2D eigenvalue weighted by Crippen LogP contribution is 2.19. The van der Waals surface area contributed by atoms with Gasteiger partial charge < -0.3 is 55.0 Å². The van der Waals surface area contributed by atoms with Crippen LogP contribution in [0.15, 0.2) is 0 Å². The molecule has 61 heavy (non-hydrogen) atoms. The highest BCUT2D eigenvalue weighted by molar-refractivity contribution is 4.76. The number of aliphatic hydroxyl groups excluding tert-OH is 3. The van der Waals surface area contributed by atoms with E-state index in [2.05, 4.69) is 16.0 Å². The maximum absolute atomic E-state index is 9.76. The summed E-state index contributed by atoms with van der Waals surface area (Å²) in [6.45, 7) is 14.7. The number of nitrogens with one attached hydrogen (secondary N) is 3. The second-order valence-electron chi connectivity index (χ2n) is 18.0. The fourth-order valence-corrected chi connectivity index (χ4v) is 8.54. The minimum atomic E-state index is -0.566. The Morgan fingerprint density at radius 1 is 0.344 bits per heavy atom. The number of hydrogen-bond donors (Lipinski definition) is 6. The van der Waals surface area contributed by atoms with Crippen molar-refractivity contribution in [3.05, 3.63) is 0 Å². The maximum atomic E-state index is 9.76. The Kier molecular flexibility index (Phi) is 43.0. The summed E-state index contributed by atoms with van der Waals surface area (Å²) >= 11 is 0. The third kappa shape index (κ3) is 38.5. The number of ether oxygens (including phenoxy) is 5. The minimum absolute atomic E-state index is 0.0110. The highest BCUT2D eigenvalue weighted by Gasteiger charge is 2.18. The second kappa shape index (κ2) is 44.7. The van der Waals surface area contributed by atoms with Gasteiger partial charge >= 0.3 is 0 Å². The van der Waals surface area contributed by atoms with Crippen molar-refractivity contribution in [2.24, 2.45) is 0 Å². The van der Waals surface area contributed by atoms with Crippen LogP contribution in [0.1, 0.15) is 201 Å². The summed E-state index contributed by atoms with van der Waals surface area (Å²) in [6.07, 6.45) is 36.4. The first kappa shape index (κ1) is 58.6. The first-order valence-corrected chi connectivity index (χ1v) is 26.1. The average molecular weight is 874 g/mol. The number of hydrogen-bond acceptors (Lipinski definition) is 11. The molecule has 0 spiro atoms. The van der Waals surface area contributed by atoms with E-state index in [9.17, 15) is 15.3 Å². The van der Waals surface area contributed by atoms with Crippen LogP contribution >= 0.6 is 0 Å². The molecule has 6 N–H and O–H groups in total. The van der Waals surface area contributed by atoms with E-state index in [1.807, 2.05) is 27.7 Å². The van der Waals surface area contributed by atoms with E-state index in [-0.39, 0.29) is 18.3 Å². The molecule has 4 unspecified atom stereocenters. The fraction of sp³-hybridized carbons (Fsp3) is 1.00. The van der Waals surface area contributed by atoms with Crippen molar-refractivity contribution < 1.29 is 39.0 Å². The molecule has 0 aromatic carbocycles. The van der Waals surface area contributed by atoms with Crippen LogP contribution in [0.3, 0.4) is 0 Å². The molecule has 5 aliphatic rings.